The van der Waals surface area contributed by atoms with Crippen molar-refractivity contribution < 1.29 is 67.4 Å². The van der Waals surface area contributed by atoms with Crippen LogP contribution in [0.3, 0.4) is 0 Å². The second kappa shape index (κ2) is 44.2. The number of fused-ring (bicyclic) bond motifs is 1. The molecule has 24 N–H and O–H groups in total. The number of aliphatic hydroxyl groups is 1. The molecule has 0 aliphatic heterocycles. The van der Waals surface area contributed by atoms with E-state index < -0.39 is 157 Å². The van der Waals surface area contributed by atoms with Gasteiger partial charge in [0, 0.05) is 105 Å². The molecule has 578 valence electrons. The molecular formula is C72H106N20O14. The summed E-state index contributed by atoms with van der Waals surface area (Å²) in [6.07, 6.45) is 1.77. The highest BCUT2D eigenvalue weighted by Gasteiger charge is 2.35. The smallest absolute Gasteiger partial charge is 0.251 e. The summed E-state index contributed by atoms with van der Waals surface area (Å²) in [5, 5.41) is 47.2. The van der Waals surface area contributed by atoms with Crippen molar-refractivity contribution in [2.75, 3.05) is 57.7 Å². The number of para-hydroxylation sites is 1. The number of aliphatic hydroxyl groups excluding tert-OH is 1. The maximum atomic E-state index is 14.7. The third-order valence-corrected chi connectivity index (χ3v) is 16.9. The van der Waals surface area contributed by atoms with E-state index in [0.29, 0.717) is 67.0 Å². The average molecular weight is 1480 g/mol. The van der Waals surface area contributed by atoms with Crippen LogP contribution in [0.2, 0.25) is 0 Å². The van der Waals surface area contributed by atoms with Gasteiger partial charge in [-0.3, -0.25) is 62.3 Å². The van der Waals surface area contributed by atoms with E-state index in [1.165, 1.54) is 43.7 Å². The zero-order valence-corrected chi connectivity index (χ0v) is 61.1. The minimum atomic E-state index is -1.56. The summed E-state index contributed by atoms with van der Waals surface area (Å²) in [6, 6.07) is 11.0. The Hall–Kier alpha value is -10.7. The summed E-state index contributed by atoms with van der Waals surface area (Å²) in [7, 11) is 0. The molecule has 106 heavy (non-hydrogen) atoms. The Balaban J connectivity index is 1.28. The molecule has 0 aliphatic rings. The van der Waals surface area contributed by atoms with Gasteiger partial charge in [-0.05, 0) is 85.4 Å². The van der Waals surface area contributed by atoms with Crippen LogP contribution in [0.5, 0.6) is 0 Å². The molecule has 5 rings (SSSR count). The molecular weight excluding hydrogens is 1370 g/mol. The van der Waals surface area contributed by atoms with Gasteiger partial charge in [0.15, 0.2) is 0 Å². The number of aromatic amines is 2. The molecule has 34 heteroatoms. The van der Waals surface area contributed by atoms with Crippen LogP contribution < -0.4 is 92.1 Å². The molecule has 0 fully saturated rings. The number of amides is 13. The summed E-state index contributed by atoms with van der Waals surface area (Å²) in [6.45, 7) is 13.2. The first kappa shape index (κ1) is 86.0. The van der Waals surface area contributed by atoms with Crippen LogP contribution in [-0.2, 0) is 76.8 Å². The van der Waals surface area contributed by atoms with Crippen molar-refractivity contribution in [1.82, 2.24) is 78.8 Å². The number of hydrogen-bond donors (Lipinski definition) is 20. The van der Waals surface area contributed by atoms with E-state index >= 15 is 0 Å². The predicted octanol–water partition coefficient (Wildman–Crippen LogP) is -2.74. The summed E-state index contributed by atoms with van der Waals surface area (Å²) in [4.78, 5) is 187. The fourth-order valence-corrected chi connectivity index (χ4v) is 11.3. The molecule has 9 atom stereocenters. The Labute approximate surface area is 615 Å². The minimum absolute atomic E-state index is 0.0134. The van der Waals surface area contributed by atoms with Crippen LogP contribution >= 0.6 is 0 Å². The van der Waals surface area contributed by atoms with Crippen LogP contribution in [0.4, 0.5) is 5.69 Å². The van der Waals surface area contributed by atoms with Crippen molar-refractivity contribution in [2.24, 2.45) is 46.6 Å². The number of rotatable bonds is 47. The van der Waals surface area contributed by atoms with E-state index in [1.54, 1.807) is 74.6 Å². The molecule has 0 saturated heterocycles. The lowest BCUT2D eigenvalue weighted by Crippen LogP contribution is -2.60. The molecule has 2 heterocycles. The van der Waals surface area contributed by atoms with E-state index in [4.69, 9.17) is 22.9 Å². The van der Waals surface area contributed by atoms with Crippen molar-refractivity contribution in [3.05, 3.63) is 120 Å². The van der Waals surface area contributed by atoms with Gasteiger partial charge in [0.05, 0.1) is 43.9 Å². The molecule has 0 unspecified atom stereocenters. The Bertz CT molecular complexity index is 3710. The number of nitrogens with two attached hydrogens (primary N) is 4. The summed E-state index contributed by atoms with van der Waals surface area (Å²) >= 11 is 0. The van der Waals surface area contributed by atoms with Crippen molar-refractivity contribution in [2.45, 2.75) is 154 Å². The number of carbonyl (C=O) groups excluding carboxylic acids is 13. The molecule has 2 aromatic heterocycles. The predicted molar refractivity (Wildman–Crippen MR) is 395 cm³/mol. The molecule has 3 aromatic carbocycles. The van der Waals surface area contributed by atoms with Crippen LogP contribution in [0.25, 0.3) is 10.9 Å². The number of hydrogen-bond acceptors (Lipinski definition) is 19. The molecule has 13 amide bonds. The number of primary amides is 2. The van der Waals surface area contributed by atoms with E-state index in [0.717, 1.165) is 0 Å². The number of H-pyrrole nitrogens is 2. The first-order chi connectivity index (χ1) is 50.4. The maximum absolute atomic E-state index is 14.7. The Kier molecular flexibility index (Phi) is 35.8. The number of nitrogens with one attached hydrogen (secondary N) is 15. The first-order valence-electron chi connectivity index (χ1n) is 35.5. The van der Waals surface area contributed by atoms with E-state index in [2.05, 4.69) is 84.1 Å². The average Bonchev–Trinajstić information content (AvgIpc) is 1.65. The lowest BCUT2D eigenvalue weighted by molar-refractivity contribution is -0.135. The fourth-order valence-electron chi connectivity index (χ4n) is 11.3. The standard InChI is InChI=1S/C72H106N20O14/c1-40(2)27-53(58(93)32-60(95)86-54(64(76)98)28-41(3)4)89-71(105)57(31-49-36-79-39-83-49)87-62(97)38-82-72(106)63(42(5)6)92-65(99)43(7)84-69(103)56(30-46-35-80-51-16-12-11-15-50(46)51)91-68(102)52(21-22-59(75)94)88-70(104)55(29-44-13-9-8-10-14-44)90-67(101)45-17-19-48(20-18-45)85-61(96)37-81-66(100)47(33-77-25-23-73)34-78-26-24-74/h8-20,35-36,39-43,47,52-58,63,77-78,80,93H,21-34,37-38,73-74H2,1-7H3,(H2,75,94)(H2,76,98)(H,79,83)(H,81,100)(H,82,106)(H,84,103)(H,85,96)(H,86,95)(H,87,97)(H,88,104)(H,89,105)(H,90,101)(H,91,102)(H,92,99)/t43-,52-,53-,54-,55+,56-,57-,58-,63-/m0/s1. The zero-order valence-electron chi connectivity index (χ0n) is 61.1. The van der Waals surface area contributed by atoms with Gasteiger partial charge in [-0.2, -0.15) is 0 Å². The highest BCUT2D eigenvalue weighted by atomic mass is 16.3. The van der Waals surface area contributed by atoms with Crippen LogP contribution in [0.1, 0.15) is 108 Å². The second-order valence-corrected chi connectivity index (χ2v) is 27.2. The molecule has 0 aliphatic carbocycles. The van der Waals surface area contributed by atoms with Gasteiger partial charge in [0.25, 0.3) is 5.91 Å². The van der Waals surface area contributed by atoms with Crippen molar-refractivity contribution in [3.63, 3.8) is 0 Å². The Morgan fingerprint density at radius 1 is 0.538 bits per heavy atom. The molecule has 0 spiro atoms. The number of imidazole rings is 1. The largest absolute Gasteiger partial charge is 0.390 e. The van der Waals surface area contributed by atoms with E-state index in [-0.39, 0.29) is 74.1 Å². The van der Waals surface area contributed by atoms with E-state index in [1.807, 2.05) is 27.7 Å². The molecule has 34 nitrogen and oxygen atoms in total. The number of anilines is 1. The van der Waals surface area contributed by atoms with Gasteiger partial charge in [0.1, 0.15) is 42.3 Å². The quantitative estimate of drug-likeness (QED) is 0.0176. The summed E-state index contributed by atoms with van der Waals surface area (Å²) in [5.74, 6) is -11.1. The number of aromatic nitrogens is 3. The summed E-state index contributed by atoms with van der Waals surface area (Å²) < 4.78 is 0. The van der Waals surface area contributed by atoms with Gasteiger partial charge in [-0.25, -0.2) is 4.98 Å². The maximum Gasteiger partial charge on any atom is 0.251 e. The highest BCUT2D eigenvalue weighted by molar-refractivity contribution is 6.01. The van der Waals surface area contributed by atoms with E-state index in [9.17, 15) is 67.4 Å². The van der Waals surface area contributed by atoms with Crippen LogP contribution in [0.15, 0.2) is 97.6 Å². The summed E-state index contributed by atoms with van der Waals surface area (Å²) in [5.41, 5.74) is 24.9. The monoisotopic (exact) mass is 1470 g/mol. The minimum Gasteiger partial charge on any atom is -0.390 e. The number of benzene rings is 3. The number of nitrogens with zero attached hydrogens (tertiary/aromatic N) is 1. The lowest BCUT2D eigenvalue weighted by Gasteiger charge is -2.28. The topological polar surface area (TPSA) is 547 Å². The second-order valence-electron chi connectivity index (χ2n) is 27.2. The Morgan fingerprint density at radius 2 is 1.11 bits per heavy atom. The van der Waals surface area contributed by atoms with Crippen molar-refractivity contribution in [3.8, 4) is 0 Å². The van der Waals surface area contributed by atoms with Crippen molar-refractivity contribution in [1.29, 1.82) is 0 Å². The fraction of sp³-hybridized carbons (Fsp3) is 0.500. The molecule has 0 bridgehead atoms. The zero-order chi connectivity index (χ0) is 78.0. The lowest BCUT2D eigenvalue weighted by atomic mass is 9.96. The van der Waals surface area contributed by atoms with Crippen LogP contribution in [0, 0.1) is 23.7 Å². The van der Waals surface area contributed by atoms with Gasteiger partial charge in [0.2, 0.25) is 70.9 Å². The third kappa shape index (κ3) is 29.8. The SMILES string of the molecule is CC(C)C[C@H](NC(=O)C[C@H](O)[C@H](CC(C)C)NC(=O)[C@H](Cc1cnc[nH]1)NC(=O)CNC(=O)[C@@H](NC(=O)[C@H](C)NC(=O)[C@H](Cc1c[nH]c2ccccc12)NC(=O)[C@H](CCC(N)=O)NC(=O)[C@@H](Cc1ccccc1)NC(=O)c1ccc(NC(=O)CNC(=O)C(CNCCN)CNCCN)cc1)C(C)C)C(N)=O. The Morgan fingerprint density at radius 3 is 1.73 bits per heavy atom. The first-order valence-corrected chi connectivity index (χ1v) is 35.5. The van der Waals surface area contributed by atoms with Crippen LogP contribution in [-0.4, -0.2) is 204 Å². The normalized spacial score (nSPS) is 13.9. The van der Waals surface area contributed by atoms with Gasteiger partial charge in [-0.15, -0.1) is 0 Å². The molecule has 0 saturated carbocycles. The highest BCUT2D eigenvalue weighted by Crippen LogP contribution is 2.21. The molecule has 0 radical (unpaired) electrons. The van der Waals surface area contributed by atoms with Gasteiger partial charge in [-0.1, -0.05) is 90.1 Å². The van der Waals surface area contributed by atoms with Gasteiger partial charge < -0.3 is 107 Å². The van der Waals surface area contributed by atoms with Crippen molar-refractivity contribution >= 4 is 93.4 Å². The molecule has 5 aromatic rings. The third-order valence-electron chi connectivity index (χ3n) is 16.9. The number of carbonyl (C=O) groups is 13. The van der Waals surface area contributed by atoms with Gasteiger partial charge >= 0.3 is 0 Å².